The normalized spacial score (nSPS) is 18.7. The van der Waals surface area contributed by atoms with Crippen molar-refractivity contribution in [2.45, 2.75) is 43.6 Å². The number of rotatable bonds is 7. The summed E-state index contributed by atoms with van der Waals surface area (Å²) in [7, 11) is 1.27. The quantitative estimate of drug-likeness (QED) is 0.281. The van der Waals surface area contributed by atoms with E-state index in [2.05, 4.69) is 19.9 Å². The van der Waals surface area contributed by atoms with Crippen LogP contribution >= 0.6 is 0 Å². The van der Waals surface area contributed by atoms with E-state index in [0.717, 1.165) is 6.07 Å². The number of ether oxygens (including phenoxy) is 1. The largest absolute Gasteiger partial charge is 0.497 e. The Morgan fingerprint density at radius 3 is 2.63 bits per heavy atom. The minimum atomic E-state index is -4.70. The summed E-state index contributed by atoms with van der Waals surface area (Å²) in [5.74, 6) is 0.188. The molecule has 0 spiro atoms. The standard InChI is InChI=1S/C26H27F5N8O2/c1-41-15-3-4-16(17(8-15)26(29,30)31)18-7-14(10-39-13-37-20-23(32)35-12-36-24(20)39)19(9-34-18)38-6-2-5-25(33,11-38)21(40)22(27)28/h3-4,7-9,12-13,21-22,40H,2,5-6,10-11,33H2,1H3,(H2,32,35,36)/t21-,25?/m1/s1. The third-order valence-corrected chi connectivity index (χ3v) is 7.27. The number of nitrogens with two attached hydrogens (primary N) is 2. The summed E-state index contributed by atoms with van der Waals surface area (Å²) in [5.41, 5.74) is 11.2. The topological polar surface area (TPSA) is 141 Å². The van der Waals surface area contributed by atoms with Gasteiger partial charge < -0.3 is 30.8 Å². The second-order valence-electron chi connectivity index (χ2n) is 9.95. The van der Waals surface area contributed by atoms with E-state index in [0.29, 0.717) is 35.4 Å². The summed E-state index contributed by atoms with van der Waals surface area (Å²) in [6, 6.07) is 5.08. The number of aliphatic hydroxyl groups excluding tert-OH is 1. The summed E-state index contributed by atoms with van der Waals surface area (Å²) in [6.45, 7) is 0.350. The number of anilines is 2. The van der Waals surface area contributed by atoms with Crippen LogP contribution in [-0.4, -0.2) is 67.9 Å². The van der Waals surface area contributed by atoms with Crippen LogP contribution < -0.4 is 21.1 Å². The molecule has 5 N–H and O–H groups in total. The van der Waals surface area contributed by atoms with Crippen LogP contribution in [-0.2, 0) is 12.7 Å². The predicted molar refractivity (Wildman–Crippen MR) is 140 cm³/mol. The molecule has 5 rings (SSSR count). The molecule has 1 aliphatic heterocycles. The zero-order valence-electron chi connectivity index (χ0n) is 21.8. The van der Waals surface area contributed by atoms with Crippen molar-refractivity contribution in [2.24, 2.45) is 5.73 Å². The van der Waals surface area contributed by atoms with Gasteiger partial charge in [-0.3, -0.25) is 4.98 Å². The molecule has 218 valence electrons. The first-order valence-electron chi connectivity index (χ1n) is 12.6. The summed E-state index contributed by atoms with van der Waals surface area (Å²) in [4.78, 5) is 18.5. The lowest BCUT2D eigenvalue weighted by molar-refractivity contribution is -0.137. The van der Waals surface area contributed by atoms with Crippen molar-refractivity contribution in [3.05, 3.63) is 54.2 Å². The van der Waals surface area contributed by atoms with E-state index in [4.69, 9.17) is 16.2 Å². The Balaban J connectivity index is 1.63. The number of imidazole rings is 1. The second kappa shape index (κ2) is 10.7. The molecule has 1 aliphatic rings. The van der Waals surface area contributed by atoms with Crippen LogP contribution in [0.3, 0.4) is 0 Å². The highest BCUT2D eigenvalue weighted by molar-refractivity contribution is 5.81. The lowest BCUT2D eigenvalue weighted by Gasteiger charge is -2.44. The van der Waals surface area contributed by atoms with Crippen molar-refractivity contribution in [3.63, 3.8) is 0 Å². The number of methoxy groups -OCH3 is 1. The Morgan fingerprint density at radius 2 is 1.93 bits per heavy atom. The smallest absolute Gasteiger partial charge is 0.417 e. The van der Waals surface area contributed by atoms with E-state index < -0.39 is 29.8 Å². The first-order valence-corrected chi connectivity index (χ1v) is 12.6. The van der Waals surface area contributed by atoms with Gasteiger partial charge in [0.1, 0.15) is 23.7 Å². The number of benzene rings is 1. The van der Waals surface area contributed by atoms with Gasteiger partial charge in [-0.25, -0.2) is 23.7 Å². The fraction of sp³-hybridized carbons (Fsp3) is 0.385. The number of hydrogen-bond donors (Lipinski definition) is 3. The van der Waals surface area contributed by atoms with E-state index in [1.54, 1.807) is 9.47 Å². The average molecular weight is 579 g/mol. The Labute approximate surface area is 230 Å². The number of hydrogen-bond acceptors (Lipinski definition) is 9. The molecule has 1 fully saturated rings. The maximum atomic E-state index is 14.0. The maximum Gasteiger partial charge on any atom is 0.417 e. The molecular formula is C26H27F5N8O2. The number of aliphatic hydroxyl groups is 1. The highest BCUT2D eigenvalue weighted by atomic mass is 19.4. The van der Waals surface area contributed by atoms with Gasteiger partial charge in [0.25, 0.3) is 6.43 Å². The number of alkyl halides is 5. The van der Waals surface area contributed by atoms with Gasteiger partial charge in [-0.1, -0.05) is 0 Å². The van der Waals surface area contributed by atoms with E-state index in [-0.39, 0.29) is 42.3 Å². The summed E-state index contributed by atoms with van der Waals surface area (Å²) in [5, 5.41) is 10.2. The zero-order chi connectivity index (χ0) is 29.5. The predicted octanol–water partition coefficient (Wildman–Crippen LogP) is 3.47. The van der Waals surface area contributed by atoms with Crippen molar-refractivity contribution in [3.8, 4) is 17.0 Å². The third kappa shape index (κ3) is 5.46. The van der Waals surface area contributed by atoms with Crippen molar-refractivity contribution in [2.75, 3.05) is 30.8 Å². The van der Waals surface area contributed by atoms with Crippen molar-refractivity contribution < 1.29 is 31.8 Å². The molecule has 4 heterocycles. The molecule has 0 saturated carbocycles. The minimum Gasteiger partial charge on any atom is -0.497 e. The van der Waals surface area contributed by atoms with Gasteiger partial charge in [0.2, 0.25) is 0 Å². The molecule has 10 nitrogen and oxygen atoms in total. The van der Waals surface area contributed by atoms with Crippen molar-refractivity contribution >= 4 is 22.7 Å². The number of pyridine rings is 1. The van der Waals surface area contributed by atoms with Crippen molar-refractivity contribution in [1.29, 1.82) is 0 Å². The highest BCUT2D eigenvalue weighted by Crippen LogP contribution is 2.40. The number of nitrogens with zero attached hydrogens (tertiary/aromatic N) is 6. The van der Waals surface area contributed by atoms with E-state index in [1.807, 2.05) is 0 Å². The summed E-state index contributed by atoms with van der Waals surface area (Å²) < 4.78 is 75.6. The van der Waals surface area contributed by atoms with Crippen molar-refractivity contribution in [1.82, 2.24) is 24.5 Å². The van der Waals surface area contributed by atoms with Crippen LogP contribution in [0.1, 0.15) is 24.0 Å². The lowest BCUT2D eigenvalue weighted by atomic mass is 9.84. The van der Waals surface area contributed by atoms with Gasteiger partial charge in [0, 0.05) is 18.7 Å². The Morgan fingerprint density at radius 1 is 1.15 bits per heavy atom. The van der Waals surface area contributed by atoms with Gasteiger partial charge in [-0.2, -0.15) is 13.2 Å². The Hall–Kier alpha value is -4.11. The zero-order valence-corrected chi connectivity index (χ0v) is 21.8. The SMILES string of the molecule is COc1ccc(-c2cc(Cn3cnc4c(N)ncnc43)c(N3CCCC(N)([C@H](O)C(F)F)C3)cn2)c(C(F)(F)F)c1. The van der Waals surface area contributed by atoms with Gasteiger partial charge in [-0.15, -0.1) is 0 Å². The number of fused-ring (bicyclic) bond motifs is 1. The first kappa shape index (κ1) is 28.4. The minimum absolute atomic E-state index is 0.0286. The Kier molecular flexibility index (Phi) is 7.42. The molecule has 2 atom stereocenters. The molecule has 4 aromatic rings. The molecule has 15 heteroatoms. The lowest BCUT2D eigenvalue weighted by Crippen LogP contribution is -2.63. The first-order chi connectivity index (χ1) is 19.4. The monoisotopic (exact) mass is 578 g/mol. The second-order valence-corrected chi connectivity index (χ2v) is 9.95. The van der Waals surface area contributed by atoms with Crippen LogP contribution in [0.25, 0.3) is 22.4 Å². The van der Waals surface area contributed by atoms with Crippen LogP contribution in [0.4, 0.5) is 33.5 Å². The fourth-order valence-corrected chi connectivity index (χ4v) is 5.17. The summed E-state index contributed by atoms with van der Waals surface area (Å²) in [6.07, 6.45) is -5.12. The van der Waals surface area contributed by atoms with Gasteiger partial charge in [0.05, 0.1) is 48.7 Å². The van der Waals surface area contributed by atoms with Gasteiger partial charge >= 0.3 is 6.18 Å². The van der Waals surface area contributed by atoms with Gasteiger partial charge in [-0.05, 0) is 42.7 Å². The van der Waals surface area contributed by atoms with Crippen LogP contribution in [0.15, 0.2) is 43.1 Å². The number of halogens is 5. The Bertz CT molecular complexity index is 1560. The van der Waals surface area contributed by atoms with Crippen LogP contribution in [0, 0.1) is 0 Å². The summed E-state index contributed by atoms with van der Waals surface area (Å²) >= 11 is 0. The highest BCUT2D eigenvalue weighted by Gasteiger charge is 2.43. The molecule has 41 heavy (non-hydrogen) atoms. The van der Waals surface area contributed by atoms with Crippen LogP contribution in [0.5, 0.6) is 5.75 Å². The number of piperidine rings is 1. The third-order valence-electron chi connectivity index (χ3n) is 7.27. The molecule has 1 aromatic carbocycles. The molecular weight excluding hydrogens is 551 g/mol. The molecule has 0 amide bonds. The molecule has 0 radical (unpaired) electrons. The molecule has 3 aromatic heterocycles. The molecule has 1 saturated heterocycles. The fourth-order valence-electron chi connectivity index (χ4n) is 5.17. The number of aromatic nitrogens is 5. The average Bonchev–Trinajstić information content (AvgIpc) is 3.35. The van der Waals surface area contributed by atoms with Crippen LogP contribution in [0.2, 0.25) is 0 Å². The molecule has 0 aliphatic carbocycles. The number of nitrogen functional groups attached to an aromatic ring is 1. The van der Waals surface area contributed by atoms with E-state index in [1.165, 1.54) is 44.2 Å². The van der Waals surface area contributed by atoms with Gasteiger partial charge in [0.15, 0.2) is 11.5 Å². The molecule has 0 bridgehead atoms. The van der Waals surface area contributed by atoms with E-state index >= 15 is 0 Å². The van der Waals surface area contributed by atoms with E-state index in [9.17, 15) is 27.1 Å². The molecule has 1 unspecified atom stereocenters. The maximum absolute atomic E-state index is 14.0.